The van der Waals surface area contributed by atoms with Crippen LogP contribution in [0.3, 0.4) is 0 Å². The molecule has 1 amide bonds. The van der Waals surface area contributed by atoms with Gasteiger partial charge in [-0.25, -0.2) is 0 Å². The molecule has 0 aliphatic carbocycles. The number of unbranched alkanes of at least 4 members (excludes halogenated alkanes) is 45. The van der Waals surface area contributed by atoms with Crippen LogP contribution in [0.1, 0.15) is 335 Å². The quantitative estimate of drug-likeness (QED) is 0.0261. The van der Waals surface area contributed by atoms with Crippen LogP contribution in [-0.2, 0) is 14.3 Å². The van der Waals surface area contributed by atoms with Crippen LogP contribution in [-0.4, -0.2) is 87.5 Å². The zero-order valence-corrected chi connectivity index (χ0v) is 50.7. The van der Waals surface area contributed by atoms with E-state index in [-0.39, 0.29) is 12.5 Å². The van der Waals surface area contributed by atoms with E-state index in [0.29, 0.717) is 6.42 Å². The van der Waals surface area contributed by atoms with Gasteiger partial charge in [0.15, 0.2) is 6.29 Å². The highest BCUT2D eigenvalue weighted by molar-refractivity contribution is 5.76. The number of amides is 1. The molecule has 77 heavy (non-hydrogen) atoms. The largest absolute Gasteiger partial charge is 0.394 e. The Balaban J connectivity index is 2.05. The van der Waals surface area contributed by atoms with Gasteiger partial charge in [0.1, 0.15) is 24.4 Å². The summed E-state index contributed by atoms with van der Waals surface area (Å²) in [6.45, 7) is 3.78. The van der Waals surface area contributed by atoms with Crippen molar-refractivity contribution in [3.63, 3.8) is 0 Å². The minimum Gasteiger partial charge on any atom is -0.394 e. The van der Waals surface area contributed by atoms with Crippen molar-refractivity contribution in [3.05, 3.63) is 36.5 Å². The van der Waals surface area contributed by atoms with Crippen LogP contribution in [0.25, 0.3) is 0 Å². The summed E-state index contributed by atoms with van der Waals surface area (Å²) in [5.41, 5.74) is 0. The first-order valence-corrected chi connectivity index (χ1v) is 33.7. The number of hydrogen-bond acceptors (Lipinski definition) is 8. The zero-order valence-electron chi connectivity index (χ0n) is 50.7. The van der Waals surface area contributed by atoms with E-state index in [0.717, 1.165) is 51.4 Å². The van der Waals surface area contributed by atoms with Gasteiger partial charge in [0, 0.05) is 6.42 Å². The van der Waals surface area contributed by atoms with E-state index < -0.39 is 49.5 Å². The minimum atomic E-state index is -1.57. The summed E-state index contributed by atoms with van der Waals surface area (Å²) in [5.74, 6) is -0.185. The maximum absolute atomic E-state index is 13.1. The van der Waals surface area contributed by atoms with Crippen molar-refractivity contribution in [2.24, 2.45) is 0 Å². The van der Waals surface area contributed by atoms with Crippen LogP contribution in [0, 0.1) is 0 Å². The molecule has 7 unspecified atom stereocenters. The lowest BCUT2D eigenvalue weighted by atomic mass is 9.99. The summed E-state index contributed by atoms with van der Waals surface area (Å²) < 4.78 is 11.3. The molecule has 0 aromatic carbocycles. The lowest BCUT2D eigenvalue weighted by Gasteiger charge is -2.40. The van der Waals surface area contributed by atoms with Gasteiger partial charge in [0.2, 0.25) is 5.91 Å². The molecule has 1 rings (SSSR count). The van der Waals surface area contributed by atoms with Crippen molar-refractivity contribution in [3.8, 4) is 0 Å². The summed E-state index contributed by atoms with van der Waals surface area (Å²) in [6, 6.07) is -0.826. The molecule has 1 aliphatic heterocycles. The van der Waals surface area contributed by atoms with E-state index in [9.17, 15) is 30.3 Å². The van der Waals surface area contributed by atoms with Crippen LogP contribution in [0.4, 0.5) is 0 Å². The highest BCUT2D eigenvalue weighted by Gasteiger charge is 2.44. The SMILES string of the molecule is CCCCCCCC/C=C/CC/C=C/CC/C=C/C(O)C(COC1OC(CO)C(O)C(O)C1O)NC(=O)CCCCCCCCCCCCCCCCCCCCCCCCCCCCCCCCCCCCCCCC. The fourth-order valence-electron chi connectivity index (χ4n) is 10.9. The molecule has 9 heteroatoms. The predicted octanol–water partition coefficient (Wildman–Crippen LogP) is 17.9. The maximum atomic E-state index is 13.1. The third-order valence-corrected chi connectivity index (χ3v) is 16.2. The van der Waals surface area contributed by atoms with Gasteiger partial charge in [-0.2, -0.15) is 0 Å². The van der Waals surface area contributed by atoms with Crippen LogP contribution >= 0.6 is 0 Å². The van der Waals surface area contributed by atoms with Crippen LogP contribution < -0.4 is 5.32 Å². The molecule has 0 aromatic heterocycles. The number of allylic oxidation sites excluding steroid dienone is 5. The number of carbonyl (C=O) groups is 1. The molecule has 1 fully saturated rings. The molecule has 0 radical (unpaired) electrons. The van der Waals surface area contributed by atoms with Gasteiger partial charge in [-0.15, -0.1) is 0 Å². The first-order valence-electron chi connectivity index (χ1n) is 33.7. The first kappa shape index (κ1) is 73.4. The average molecular weight is 1090 g/mol. The lowest BCUT2D eigenvalue weighted by Crippen LogP contribution is -2.60. The fraction of sp³-hybridized carbons (Fsp3) is 0.897. The molecule has 0 bridgehead atoms. The van der Waals surface area contributed by atoms with Crippen molar-refractivity contribution in [2.45, 2.75) is 378 Å². The van der Waals surface area contributed by atoms with Gasteiger partial charge in [0.05, 0.1) is 25.4 Å². The molecule has 1 saturated heterocycles. The van der Waals surface area contributed by atoms with Crippen molar-refractivity contribution >= 4 is 5.91 Å². The maximum Gasteiger partial charge on any atom is 0.220 e. The van der Waals surface area contributed by atoms with Crippen molar-refractivity contribution < 1.29 is 39.8 Å². The molecule has 1 aliphatic rings. The molecule has 1 heterocycles. The molecule has 0 aromatic rings. The van der Waals surface area contributed by atoms with Crippen LogP contribution in [0.15, 0.2) is 36.5 Å². The lowest BCUT2D eigenvalue weighted by molar-refractivity contribution is -0.302. The number of aliphatic hydroxyl groups excluding tert-OH is 5. The summed E-state index contributed by atoms with van der Waals surface area (Å²) in [4.78, 5) is 13.1. The molecule has 454 valence electrons. The molecule has 7 atom stereocenters. The van der Waals surface area contributed by atoms with Crippen LogP contribution in [0.2, 0.25) is 0 Å². The zero-order chi connectivity index (χ0) is 55.8. The van der Waals surface area contributed by atoms with E-state index >= 15 is 0 Å². The predicted molar refractivity (Wildman–Crippen MR) is 327 cm³/mol. The van der Waals surface area contributed by atoms with E-state index in [1.165, 1.54) is 263 Å². The second-order valence-corrected chi connectivity index (χ2v) is 23.6. The normalized spacial score (nSPS) is 18.9. The number of rotatable bonds is 59. The van der Waals surface area contributed by atoms with E-state index in [1.807, 2.05) is 6.08 Å². The first-order chi connectivity index (χ1) is 37.8. The second kappa shape index (κ2) is 57.6. The second-order valence-electron chi connectivity index (χ2n) is 23.6. The van der Waals surface area contributed by atoms with Gasteiger partial charge >= 0.3 is 0 Å². The summed E-state index contributed by atoms with van der Waals surface area (Å²) in [5, 5.41) is 54.5. The molecule has 0 saturated carbocycles. The summed E-state index contributed by atoms with van der Waals surface area (Å²) in [7, 11) is 0. The van der Waals surface area contributed by atoms with Crippen molar-refractivity contribution in [2.75, 3.05) is 13.2 Å². The van der Waals surface area contributed by atoms with Crippen molar-refractivity contribution in [1.82, 2.24) is 5.32 Å². The number of nitrogens with one attached hydrogen (secondary N) is 1. The van der Waals surface area contributed by atoms with Crippen LogP contribution in [0.5, 0.6) is 0 Å². The Morgan fingerprint density at radius 2 is 0.740 bits per heavy atom. The monoisotopic (exact) mass is 1090 g/mol. The number of ether oxygens (including phenoxy) is 2. The standard InChI is InChI=1S/C68H129NO8/c1-3-5-7-9-11-13-15-17-19-21-22-23-24-25-26-27-28-29-30-31-32-33-34-35-36-37-38-39-40-41-42-44-46-48-50-52-54-56-58-64(72)69-61(60-76-68-67(75)66(74)65(73)63(59-70)77-68)62(71)57-55-53-51-49-47-45-43-20-18-16-14-12-10-8-6-4-2/h18,20,47,49,55,57,61-63,65-68,70-71,73-75H,3-17,19,21-46,48,50-54,56,58-60H2,1-2H3,(H,69,72)/b20-18+,49-47+,57-55+. The molecule has 9 nitrogen and oxygen atoms in total. The van der Waals surface area contributed by atoms with E-state index in [1.54, 1.807) is 6.08 Å². The molecule has 6 N–H and O–H groups in total. The summed E-state index contributed by atoms with van der Waals surface area (Å²) >= 11 is 0. The topological polar surface area (TPSA) is 149 Å². The number of aliphatic hydroxyl groups is 5. The molecule has 0 spiro atoms. The van der Waals surface area contributed by atoms with Gasteiger partial charge in [0.25, 0.3) is 0 Å². The van der Waals surface area contributed by atoms with E-state index in [4.69, 9.17) is 9.47 Å². The average Bonchev–Trinajstić information content (AvgIpc) is 3.43. The molecular formula is C68H129NO8. The van der Waals surface area contributed by atoms with Gasteiger partial charge in [-0.3, -0.25) is 4.79 Å². The minimum absolute atomic E-state index is 0.185. The smallest absolute Gasteiger partial charge is 0.220 e. The Morgan fingerprint density at radius 3 is 1.09 bits per heavy atom. The van der Waals surface area contributed by atoms with Gasteiger partial charge < -0.3 is 40.3 Å². The molecular weight excluding hydrogens is 959 g/mol. The van der Waals surface area contributed by atoms with E-state index in [2.05, 4.69) is 43.5 Å². The third-order valence-electron chi connectivity index (χ3n) is 16.2. The Labute approximate surface area is 476 Å². The fourth-order valence-corrected chi connectivity index (χ4v) is 10.9. The van der Waals surface area contributed by atoms with Gasteiger partial charge in [-0.1, -0.05) is 320 Å². The number of hydrogen-bond donors (Lipinski definition) is 6. The van der Waals surface area contributed by atoms with Crippen molar-refractivity contribution in [1.29, 1.82) is 0 Å². The Hall–Kier alpha value is -1.59. The highest BCUT2D eigenvalue weighted by Crippen LogP contribution is 2.23. The number of carbonyl (C=O) groups excluding carboxylic acids is 1. The Morgan fingerprint density at radius 1 is 0.429 bits per heavy atom. The van der Waals surface area contributed by atoms with Gasteiger partial charge in [-0.05, 0) is 44.9 Å². The Kier molecular flexibility index (Phi) is 55.0. The Bertz CT molecular complexity index is 1310. The summed E-state index contributed by atoms with van der Waals surface area (Å²) in [6.07, 6.45) is 69.9. The third kappa shape index (κ3) is 46.7. The highest BCUT2D eigenvalue weighted by atomic mass is 16.7.